The molecule has 0 aliphatic rings. The molecule has 1 heterocycles. The zero-order chi connectivity index (χ0) is 14.6. The lowest BCUT2D eigenvalue weighted by Gasteiger charge is -2.22. The number of nitrogens with zero attached hydrogens (tertiary/aromatic N) is 2. The van der Waals surface area contributed by atoms with Crippen LogP contribution in [0.5, 0.6) is 0 Å². The average Bonchev–Trinajstić information content (AvgIpc) is 2.70. The average molecular weight is 296 g/mol. The van der Waals surface area contributed by atoms with Gasteiger partial charge in [0.2, 0.25) is 0 Å². The van der Waals surface area contributed by atoms with Crippen molar-refractivity contribution < 1.29 is 23.1 Å². The Kier molecular flexibility index (Phi) is 5.16. The highest BCUT2D eigenvalue weighted by atomic mass is 32.1. The summed E-state index contributed by atoms with van der Waals surface area (Å²) < 4.78 is 37.4. The Balaban J connectivity index is 3.05. The van der Waals surface area contributed by atoms with Crippen molar-refractivity contribution in [2.24, 2.45) is 0 Å². The Morgan fingerprint density at radius 2 is 2.05 bits per heavy atom. The van der Waals surface area contributed by atoms with E-state index in [-0.39, 0.29) is 16.6 Å². The van der Waals surface area contributed by atoms with E-state index in [2.05, 4.69) is 4.98 Å². The normalized spacial score (nSPS) is 11.6. The fourth-order valence-corrected chi connectivity index (χ4v) is 2.63. The molecule has 0 saturated heterocycles. The Hall–Kier alpha value is -1.31. The maximum absolute atomic E-state index is 12.5. The predicted octanol–water partition coefficient (Wildman–Crippen LogP) is 3.18. The first-order chi connectivity index (χ1) is 8.78. The molecule has 0 saturated carbocycles. The van der Waals surface area contributed by atoms with E-state index in [1.54, 1.807) is 13.8 Å². The standard InChI is InChI=1S/C11H15F3N2O2S/c1-3-5-16(6-11(12,13)14)10-15-7(4-2)8(19-10)9(17)18/h3-6H2,1-2H3,(H,17,18). The highest BCUT2D eigenvalue weighted by molar-refractivity contribution is 7.17. The molecule has 0 atom stereocenters. The number of alkyl halides is 3. The number of aromatic nitrogens is 1. The van der Waals surface area contributed by atoms with Crippen LogP contribution in [-0.2, 0) is 6.42 Å². The van der Waals surface area contributed by atoms with Gasteiger partial charge in [-0.3, -0.25) is 0 Å². The van der Waals surface area contributed by atoms with Gasteiger partial charge in [0, 0.05) is 6.54 Å². The second kappa shape index (κ2) is 6.23. The van der Waals surface area contributed by atoms with Gasteiger partial charge in [0.15, 0.2) is 5.13 Å². The Labute approximate surface area is 112 Å². The van der Waals surface area contributed by atoms with Crippen LogP contribution in [0.1, 0.15) is 35.6 Å². The van der Waals surface area contributed by atoms with Crippen LogP contribution >= 0.6 is 11.3 Å². The molecular weight excluding hydrogens is 281 g/mol. The molecule has 4 nitrogen and oxygen atoms in total. The summed E-state index contributed by atoms with van der Waals surface area (Å²) in [5.41, 5.74) is 0.329. The van der Waals surface area contributed by atoms with E-state index in [9.17, 15) is 18.0 Å². The minimum Gasteiger partial charge on any atom is -0.477 e. The van der Waals surface area contributed by atoms with Crippen molar-refractivity contribution in [3.63, 3.8) is 0 Å². The molecule has 0 aromatic carbocycles. The van der Waals surface area contributed by atoms with Crippen molar-refractivity contribution in [2.45, 2.75) is 32.9 Å². The third-order valence-electron chi connectivity index (χ3n) is 2.35. The van der Waals surface area contributed by atoms with Crippen LogP contribution < -0.4 is 4.90 Å². The van der Waals surface area contributed by atoms with Crippen molar-refractivity contribution in [1.29, 1.82) is 0 Å². The van der Waals surface area contributed by atoms with E-state index in [0.29, 0.717) is 18.5 Å². The van der Waals surface area contributed by atoms with Gasteiger partial charge in [-0.2, -0.15) is 13.2 Å². The van der Waals surface area contributed by atoms with Gasteiger partial charge in [-0.15, -0.1) is 0 Å². The third-order valence-corrected chi connectivity index (χ3v) is 3.50. The first-order valence-electron chi connectivity index (χ1n) is 5.83. The summed E-state index contributed by atoms with van der Waals surface area (Å²) >= 11 is 0.796. The molecule has 0 unspecified atom stereocenters. The smallest absolute Gasteiger partial charge is 0.406 e. The van der Waals surface area contributed by atoms with E-state index < -0.39 is 18.7 Å². The first kappa shape index (κ1) is 15.7. The van der Waals surface area contributed by atoms with Gasteiger partial charge in [-0.05, 0) is 12.8 Å². The maximum Gasteiger partial charge on any atom is 0.406 e. The van der Waals surface area contributed by atoms with Gasteiger partial charge in [0.05, 0.1) is 5.69 Å². The number of halogens is 3. The Morgan fingerprint density at radius 1 is 1.42 bits per heavy atom. The highest BCUT2D eigenvalue weighted by Crippen LogP contribution is 2.29. The summed E-state index contributed by atoms with van der Waals surface area (Å²) in [4.78, 5) is 16.1. The predicted molar refractivity (Wildman–Crippen MR) is 67.0 cm³/mol. The van der Waals surface area contributed by atoms with Crippen LogP contribution in [0.3, 0.4) is 0 Å². The molecular formula is C11H15F3N2O2S. The number of carboxylic acids is 1. The molecule has 108 valence electrons. The Morgan fingerprint density at radius 3 is 2.42 bits per heavy atom. The zero-order valence-corrected chi connectivity index (χ0v) is 11.4. The van der Waals surface area contributed by atoms with E-state index in [1.165, 1.54) is 0 Å². The fourth-order valence-electron chi connectivity index (χ4n) is 1.61. The van der Waals surface area contributed by atoms with Crippen LogP contribution in [-0.4, -0.2) is 35.3 Å². The highest BCUT2D eigenvalue weighted by Gasteiger charge is 2.32. The third kappa shape index (κ3) is 4.38. The summed E-state index contributed by atoms with van der Waals surface area (Å²) in [6.07, 6.45) is -3.43. The lowest BCUT2D eigenvalue weighted by Crippen LogP contribution is -2.34. The van der Waals surface area contributed by atoms with Gasteiger partial charge in [-0.1, -0.05) is 25.2 Å². The van der Waals surface area contributed by atoms with Gasteiger partial charge in [0.1, 0.15) is 11.4 Å². The minimum atomic E-state index is -4.34. The number of anilines is 1. The van der Waals surface area contributed by atoms with Gasteiger partial charge >= 0.3 is 12.1 Å². The number of aryl methyl sites for hydroxylation is 1. The first-order valence-corrected chi connectivity index (χ1v) is 6.64. The SMILES string of the molecule is CCCN(CC(F)(F)F)c1nc(CC)c(C(=O)O)s1. The molecule has 1 aromatic heterocycles. The number of hydrogen-bond acceptors (Lipinski definition) is 4. The number of aromatic carboxylic acids is 1. The lowest BCUT2D eigenvalue weighted by molar-refractivity contribution is -0.119. The summed E-state index contributed by atoms with van der Waals surface area (Å²) in [5.74, 6) is -1.15. The quantitative estimate of drug-likeness (QED) is 0.876. The van der Waals surface area contributed by atoms with Crippen LogP contribution in [0.25, 0.3) is 0 Å². The van der Waals surface area contributed by atoms with Gasteiger partial charge < -0.3 is 10.0 Å². The van der Waals surface area contributed by atoms with Crippen LogP contribution in [0.4, 0.5) is 18.3 Å². The van der Waals surface area contributed by atoms with Crippen molar-refractivity contribution in [2.75, 3.05) is 18.0 Å². The van der Waals surface area contributed by atoms with Crippen LogP contribution in [0, 0.1) is 0 Å². The molecule has 0 amide bonds. The maximum atomic E-state index is 12.5. The largest absolute Gasteiger partial charge is 0.477 e. The molecule has 1 N–H and O–H groups in total. The topological polar surface area (TPSA) is 53.4 Å². The second-order valence-corrected chi connectivity index (χ2v) is 4.95. The molecule has 0 radical (unpaired) electrons. The van der Waals surface area contributed by atoms with E-state index in [1.807, 2.05) is 0 Å². The second-order valence-electron chi connectivity index (χ2n) is 3.97. The fraction of sp³-hybridized carbons (Fsp3) is 0.636. The van der Waals surface area contributed by atoms with Crippen molar-refractivity contribution in [3.05, 3.63) is 10.6 Å². The van der Waals surface area contributed by atoms with Gasteiger partial charge in [-0.25, -0.2) is 9.78 Å². The van der Waals surface area contributed by atoms with Crippen molar-refractivity contribution in [3.8, 4) is 0 Å². The van der Waals surface area contributed by atoms with Crippen LogP contribution in [0.15, 0.2) is 0 Å². The number of rotatable bonds is 6. The molecule has 8 heteroatoms. The molecule has 1 aromatic rings. The molecule has 0 spiro atoms. The van der Waals surface area contributed by atoms with Crippen molar-refractivity contribution in [1.82, 2.24) is 4.98 Å². The molecule has 0 bridgehead atoms. The number of thiazole rings is 1. The summed E-state index contributed by atoms with van der Waals surface area (Å²) in [6, 6.07) is 0. The molecule has 1 rings (SSSR count). The number of carboxylic acid groups (broad SMARTS) is 1. The monoisotopic (exact) mass is 296 g/mol. The van der Waals surface area contributed by atoms with E-state index in [4.69, 9.17) is 5.11 Å². The minimum absolute atomic E-state index is 0.0146. The summed E-state index contributed by atoms with van der Waals surface area (Å²) in [5, 5.41) is 9.10. The van der Waals surface area contributed by atoms with Crippen molar-refractivity contribution >= 4 is 22.4 Å². The molecule has 0 aliphatic carbocycles. The van der Waals surface area contributed by atoms with E-state index >= 15 is 0 Å². The molecule has 0 fully saturated rings. The number of carbonyl (C=O) groups is 1. The van der Waals surface area contributed by atoms with Crippen LogP contribution in [0.2, 0.25) is 0 Å². The van der Waals surface area contributed by atoms with E-state index in [0.717, 1.165) is 16.2 Å². The molecule has 0 aliphatic heterocycles. The number of hydrogen-bond donors (Lipinski definition) is 1. The zero-order valence-electron chi connectivity index (χ0n) is 10.6. The Bertz CT molecular complexity index is 446. The lowest BCUT2D eigenvalue weighted by atomic mass is 10.3. The molecule has 19 heavy (non-hydrogen) atoms. The summed E-state index contributed by atoms with van der Waals surface area (Å²) in [7, 11) is 0. The van der Waals surface area contributed by atoms with Gasteiger partial charge in [0.25, 0.3) is 0 Å². The summed E-state index contributed by atoms with van der Waals surface area (Å²) in [6.45, 7) is 2.56.